The first-order valence-corrected chi connectivity index (χ1v) is 6.99. The molecule has 90 valence electrons. The summed E-state index contributed by atoms with van der Waals surface area (Å²) in [6.45, 7) is 7.78. The van der Waals surface area contributed by atoms with Crippen LogP contribution in [0.5, 0.6) is 0 Å². The summed E-state index contributed by atoms with van der Waals surface area (Å²) in [6.07, 6.45) is 2.19. The van der Waals surface area contributed by atoms with Crippen LogP contribution in [-0.2, 0) is 9.47 Å². The second kappa shape index (κ2) is 7.49. The van der Waals surface area contributed by atoms with Gasteiger partial charge in [-0.25, -0.2) is 0 Å². The second-order valence-corrected chi connectivity index (χ2v) is 5.28. The smallest absolute Gasteiger partial charge is 0.166 e. The summed E-state index contributed by atoms with van der Waals surface area (Å²) >= 11 is 2.00. The lowest BCUT2D eigenvalue weighted by Crippen LogP contribution is -2.31. The van der Waals surface area contributed by atoms with Gasteiger partial charge in [-0.1, -0.05) is 6.92 Å². The first-order chi connectivity index (χ1) is 7.27. The Labute approximate surface area is 97.3 Å². The maximum absolute atomic E-state index is 5.52. The van der Waals surface area contributed by atoms with Crippen LogP contribution in [0.25, 0.3) is 0 Å². The number of rotatable bonds is 8. The van der Waals surface area contributed by atoms with Crippen molar-refractivity contribution in [2.75, 3.05) is 37.8 Å². The fourth-order valence-corrected chi connectivity index (χ4v) is 2.22. The molecule has 0 atom stereocenters. The molecule has 1 saturated heterocycles. The predicted molar refractivity (Wildman–Crippen MR) is 65.4 cm³/mol. The molecule has 0 saturated carbocycles. The average molecular weight is 233 g/mol. The van der Waals surface area contributed by atoms with Crippen LogP contribution < -0.4 is 5.32 Å². The van der Waals surface area contributed by atoms with E-state index in [2.05, 4.69) is 12.2 Å². The minimum absolute atomic E-state index is 0.328. The van der Waals surface area contributed by atoms with Crippen molar-refractivity contribution < 1.29 is 9.47 Å². The zero-order valence-electron chi connectivity index (χ0n) is 9.88. The summed E-state index contributed by atoms with van der Waals surface area (Å²) in [7, 11) is 0. The van der Waals surface area contributed by atoms with Crippen LogP contribution >= 0.6 is 11.8 Å². The molecular formula is C11H23NO2S. The third-order valence-electron chi connectivity index (χ3n) is 2.50. The van der Waals surface area contributed by atoms with Crippen molar-refractivity contribution in [3.8, 4) is 0 Å². The Morgan fingerprint density at radius 3 is 2.67 bits per heavy atom. The molecule has 1 aliphatic heterocycles. The van der Waals surface area contributed by atoms with Crippen molar-refractivity contribution in [1.29, 1.82) is 0 Å². The van der Waals surface area contributed by atoms with Gasteiger partial charge in [-0.2, -0.15) is 11.8 Å². The fourth-order valence-electron chi connectivity index (χ4n) is 1.59. The number of ether oxygens (including phenoxy) is 2. The predicted octanol–water partition coefficient (Wildman–Crippen LogP) is 1.87. The molecule has 3 nitrogen and oxygen atoms in total. The molecule has 4 heteroatoms. The van der Waals surface area contributed by atoms with Crippen LogP contribution in [-0.4, -0.2) is 43.6 Å². The van der Waals surface area contributed by atoms with E-state index in [4.69, 9.17) is 9.47 Å². The van der Waals surface area contributed by atoms with Gasteiger partial charge in [0.05, 0.1) is 13.2 Å². The lowest BCUT2D eigenvalue weighted by atomic mass is 10.2. The molecule has 0 unspecified atom stereocenters. The fraction of sp³-hybridized carbons (Fsp3) is 1.00. The molecule has 1 N–H and O–H groups in total. The van der Waals surface area contributed by atoms with E-state index in [1.165, 1.54) is 17.9 Å². The standard InChI is InChI=1S/C11H23NO2S/c1-3-15-10-4-6-12-7-5-11(2)13-8-9-14-11/h12H,3-10H2,1-2H3. The molecular weight excluding hydrogens is 210 g/mol. The number of hydrogen-bond donors (Lipinski definition) is 1. The summed E-state index contributed by atoms with van der Waals surface area (Å²) in [5, 5.41) is 3.42. The van der Waals surface area contributed by atoms with Gasteiger partial charge in [0.1, 0.15) is 0 Å². The van der Waals surface area contributed by atoms with Gasteiger partial charge in [0.15, 0.2) is 5.79 Å². The van der Waals surface area contributed by atoms with Crippen molar-refractivity contribution in [2.24, 2.45) is 0 Å². The molecule has 1 heterocycles. The molecule has 1 aliphatic rings. The summed E-state index contributed by atoms with van der Waals surface area (Å²) in [4.78, 5) is 0. The Morgan fingerprint density at radius 1 is 1.27 bits per heavy atom. The minimum Gasteiger partial charge on any atom is -0.348 e. The van der Waals surface area contributed by atoms with Gasteiger partial charge in [0.2, 0.25) is 0 Å². The molecule has 1 fully saturated rings. The molecule has 0 amide bonds. The van der Waals surface area contributed by atoms with Gasteiger partial charge in [-0.3, -0.25) is 0 Å². The largest absolute Gasteiger partial charge is 0.348 e. The Balaban J connectivity index is 1.88. The molecule has 0 spiro atoms. The highest BCUT2D eigenvalue weighted by Crippen LogP contribution is 2.21. The Bertz CT molecular complexity index is 161. The van der Waals surface area contributed by atoms with Crippen molar-refractivity contribution in [3.63, 3.8) is 0 Å². The maximum atomic E-state index is 5.52. The van der Waals surface area contributed by atoms with Crippen LogP contribution in [0.4, 0.5) is 0 Å². The van der Waals surface area contributed by atoms with E-state index in [1.54, 1.807) is 0 Å². The summed E-state index contributed by atoms with van der Waals surface area (Å²) in [6, 6.07) is 0. The zero-order valence-corrected chi connectivity index (χ0v) is 10.7. The second-order valence-electron chi connectivity index (χ2n) is 3.88. The average Bonchev–Trinajstić information content (AvgIpc) is 2.64. The Kier molecular flexibility index (Phi) is 6.64. The van der Waals surface area contributed by atoms with E-state index in [-0.39, 0.29) is 5.79 Å². The zero-order chi connectivity index (χ0) is 11.0. The van der Waals surface area contributed by atoms with Crippen LogP contribution in [0, 0.1) is 0 Å². The SMILES string of the molecule is CCSCCCNCCC1(C)OCCO1. The molecule has 1 rings (SSSR count). The first-order valence-electron chi connectivity index (χ1n) is 5.83. The Hall–Kier alpha value is 0.230. The highest BCUT2D eigenvalue weighted by molar-refractivity contribution is 7.99. The molecule has 0 aromatic heterocycles. The quantitative estimate of drug-likeness (QED) is 0.648. The van der Waals surface area contributed by atoms with Gasteiger partial charge >= 0.3 is 0 Å². The number of thioether (sulfide) groups is 1. The van der Waals surface area contributed by atoms with Crippen LogP contribution in [0.15, 0.2) is 0 Å². The van der Waals surface area contributed by atoms with Gasteiger partial charge < -0.3 is 14.8 Å². The van der Waals surface area contributed by atoms with E-state index in [1.807, 2.05) is 18.7 Å². The molecule has 0 aromatic carbocycles. The number of nitrogens with one attached hydrogen (secondary N) is 1. The molecule has 0 bridgehead atoms. The van der Waals surface area contributed by atoms with E-state index in [9.17, 15) is 0 Å². The van der Waals surface area contributed by atoms with Crippen LogP contribution in [0.3, 0.4) is 0 Å². The van der Waals surface area contributed by atoms with E-state index in [0.717, 1.165) is 32.7 Å². The Morgan fingerprint density at radius 2 is 2.00 bits per heavy atom. The van der Waals surface area contributed by atoms with E-state index >= 15 is 0 Å². The lowest BCUT2D eigenvalue weighted by molar-refractivity contribution is -0.145. The topological polar surface area (TPSA) is 30.5 Å². The maximum Gasteiger partial charge on any atom is 0.166 e. The molecule has 15 heavy (non-hydrogen) atoms. The summed E-state index contributed by atoms with van der Waals surface area (Å²) in [5.74, 6) is 2.15. The van der Waals surface area contributed by atoms with Gasteiger partial charge in [-0.15, -0.1) is 0 Å². The van der Waals surface area contributed by atoms with Gasteiger partial charge in [-0.05, 0) is 31.4 Å². The first kappa shape index (κ1) is 13.3. The molecule has 0 aromatic rings. The summed E-state index contributed by atoms with van der Waals surface area (Å²) < 4.78 is 11.0. The van der Waals surface area contributed by atoms with E-state index in [0.29, 0.717) is 0 Å². The third kappa shape index (κ3) is 5.76. The van der Waals surface area contributed by atoms with Crippen molar-refractivity contribution in [3.05, 3.63) is 0 Å². The van der Waals surface area contributed by atoms with E-state index < -0.39 is 0 Å². The van der Waals surface area contributed by atoms with Gasteiger partial charge in [0.25, 0.3) is 0 Å². The highest BCUT2D eigenvalue weighted by atomic mass is 32.2. The van der Waals surface area contributed by atoms with Crippen LogP contribution in [0.2, 0.25) is 0 Å². The van der Waals surface area contributed by atoms with Crippen molar-refractivity contribution >= 4 is 11.8 Å². The third-order valence-corrected chi connectivity index (χ3v) is 3.49. The summed E-state index contributed by atoms with van der Waals surface area (Å²) in [5.41, 5.74) is 0. The van der Waals surface area contributed by atoms with Crippen LogP contribution in [0.1, 0.15) is 26.7 Å². The molecule has 0 radical (unpaired) electrons. The lowest BCUT2D eigenvalue weighted by Gasteiger charge is -2.22. The van der Waals surface area contributed by atoms with Gasteiger partial charge in [0, 0.05) is 13.0 Å². The minimum atomic E-state index is -0.328. The highest BCUT2D eigenvalue weighted by Gasteiger charge is 2.29. The monoisotopic (exact) mass is 233 g/mol. The molecule has 0 aliphatic carbocycles. The normalized spacial score (nSPS) is 19.6. The van der Waals surface area contributed by atoms with Crippen molar-refractivity contribution in [1.82, 2.24) is 5.32 Å². The van der Waals surface area contributed by atoms with Crippen molar-refractivity contribution in [2.45, 2.75) is 32.5 Å². The number of hydrogen-bond acceptors (Lipinski definition) is 4.